The zero-order valence-electron chi connectivity index (χ0n) is 16.7. The van der Waals surface area contributed by atoms with E-state index in [-0.39, 0.29) is 11.7 Å². The van der Waals surface area contributed by atoms with Crippen molar-refractivity contribution in [2.45, 2.75) is 51.2 Å². The second kappa shape index (κ2) is 8.08. The zero-order valence-corrected chi connectivity index (χ0v) is 17.4. The molecule has 0 radical (unpaired) electrons. The van der Waals surface area contributed by atoms with Crippen LogP contribution in [-0.4, -0.2) is 49.4 Å². The van der Waals surface area contributed by atoms with E-state index in [1.807, 2.05) is 18.3 Å². The van der Waals surface area contributed by atoms with Crippen LogP contribution in [-0.2, 0) is 4.79 Å². The first-order valence-corrected chi connectivity index (χ1v) is 10.3. The molecule has 152 valence electrons. The van der Waals surface area contributed by atoms with Gasteiger partial charge in [-0.05, 0) is 45.2 Å². The molecule has 1 atom stereocenters. The predicted octanol–water partition coefficient (Wildman–Crippen LogP) is 4.26. The molecule has 29 heavy (non-hydrogen) atoms. The predicted molar refractivity (Wildman–Crippen MR) is 115 cm³/mol. The van der Waals surface area contributed by atoms with E-state index >= 15 is 0 Å². The maximum atomic E-state index is 11.2. The van der Waals surface area contributed by atoms with Crippen molar-refractivity contribution >= 4 is 34.7 Å². The number of aromatic amines is 1. The molecule has 1 aliphatic heterocycles. The van der Waals surface area contributed by atoms with Gasteiger partial charge >= 0.3 is 0 Å². The molecule has 1 unspecified atom stereocenters. The Hall–Kier alpha value is -2.51. The maximum absolute atomic E-state index is 11.2. The number of halogens is 1. The summed E-state index contributed by atoms with van der Waals surface area (Å²) in [7, 11) is 0. The number of nitrogens with one attached hydrogen (secondary N) is 2. The van der Waals surface area contributed by atoms with Crippen molar-refractivity contribution in [1.82, 2.24) is 24.8 Å². The summed E-state index contributed by atoms with van der Waals surface area (Å²) in [4.78, 5) is 30.2. The molecule has 0 bridgehead atoms. The summed E-state index contributed by atoms with van der Waals surface area (Å²) >= 11 is 6.12. The number of rotatable bonds is 6. The van der Waals surface area contributed by atoms with Crippen molar-refractivity contribution in [2.75, 3.05) is 11.9 Å². The van der Waals surface area contributed by atoms with E-state index in [0.717, 1.165) is 54.5 Å². The van der Waals surface area contributed by atoms with Crippen LogP contribution in [0.4, 0.5) is 5.82 Å². The van der Waals surface area contributed by atoms with Crippen LogP contribution in [0.3, 0.4) is 0 Å². The Labute approximate surface area is 174 Å². The van der Waals surface area contributed by atoms with Gasteiger partial charge in [-0.3, -0.25) is 4.90 Å². The first-order chi connectivity index (χ1) is 14.0. The Morgan fingerprint density at radius 2 is 2.24 bits per heavy atom. The number of carbonyl (C=O) groups excluding carboxylic acids is 1. The number of piperidine rings is 1. The summed E-state index contributed by atoms with van der Waals surface area (Å²) in [5.74, 6) is 1.37. The number of hydrogen-bond donors (Lipinski definition) is 2. The van der Waals surface area contributed by atoms with Crippen LogP contribution in [0, 0.1) is 0 Å². The van der Waals surface area contributed by atoms with Gasteiger partial charge in [0.15, 0.2) is 5.82 Å². The van der Waals surface area contributed by atoms with Crippen molar-refractivity contribution in [3.63, 3.8) is 0 Å². The molecule has 7 nitrogen and oxygen atoms in total. The monoisotopic (exact) mass is 412 g/mol. The van der Waals surface area contributed by atoms with Gasteiger partial charge in [-0.1, -0.05) is 11.6 Å². The first kappa shape index (κ1) is 19.8. The molecule has 2 N–H and O–H groups in total. The normalized spacial score (nSPS) is 18.1. The van der Waals surface area contributed by atoms with E-state index in [4.69, 9.17) is 16.6 Å². The van der Waals surface area contributed by atoms with Crippen LogP contribution >= 0.6 is 11.6 Å². The minimum atomic E-state index is -0.199. The molecule has 1 aliphatic rings. The van der Waals surface area contributed by atoms with Gasteiger partial charge in [0.1, 0.15) is 17.8 Å². The fourth-order valence-electron chi connectivity index (χ4n) is 4.03. The summed E-state index contributed by atoms with van der Waals surface area (Å²) in [5.41, 5.74) is 1.41. The molecule has 4 rings (SSSR count). The third-order valence-electron chi connectivity index (χ3n) is 5.57. The standard InChI is InChI=1S/C21H25ClN6O/c1-21(2,7-10-29)28-9-4-3-5-18(28)26-17-6-8-23-20(27-17)16-13-25-19-15(16)11-14(22)12-24-19/h6,8,10-13,18H,3-5,7,9H2,1-2H3,(H,24,25)(H,23,26,27). The number of nitrogens with zero attached hydrogens (tertiary/aromatic N) is 4. The average molecular weight is 413 g/mol. The SMILES string of the molecule is CC(C)(CC=O)N1CCCCC1Nc1ccnc(-c2c[nH]c3ncc(Cl)cc23)n1. The van der Waals surface area contributed by atoms with Gasteiger partial charge in [-0.25, -0.2) is 15.0 Å². The molecule has 0 aromatic carbocycles. The summed E-state index contributed by atoms with van der Waals surface area (Å²) in [5, 5.41) is 5.03. The molecular weight excluding hydrogens is 388 g/mol. The van der Waals surface area contributed by atoms with Gasteiger partial charge in [0.2, 0.25) is 0 Å². The Bertz CT molecular complexity index is 1020. The van der Waals surface area contributed by atoms with Gasteiger partial charge in [0.05, 0.1) is 11.2 Å². The molecule has 1 fully saturated rings. The van der Waals surface area contributed by atoms with Crippen LogP contribution < -0.4 is 5.32 Å². The lowest BCUT2D eigenvalue weighted by atomic mass is 9.94. The molecule has 8 heteroatoms. The van der Waals surface area contributed by atoms with E-state index < -0.39 is 0 Å². The van der Waals surface area contributed by atoms with E-state index in [1.165, 1.54) is 0 Å². The van der Waals surface area contributed by atoms with Crippen LogP contribution in [0.2, 0.25) is 5.02 Å². The van der Waals surface area contributed by atoms with Gasteiger partial charge in [0.25, 0.3) is 0 Å². The molecule has 4 heterocycles. The Morgan fingerprint density at radius 1 is 1.38 bits per heavy atom. The third-order valence-corrected chi connectivity index (χ3v) is 5.78. The highest BCUT2D eigenvalue weighted by Gasteiger charge is 2.34. The molecule has 1 saturated heterocycles. The van der Waals surface area contributed by atoms with E-state index in [9.17, 15) is 4.79 Å². The Kier molecular flexibility index (Phi) is 5.52. The van der Waals surface area contributed by atoms with E-state index in [0.29, 0.717) is 17.3 Å². The second-order valence-corrected chi connectivity index (χ2v) is 8.49. The number of likely N-dealkylation sites (tertiary alicyclic amines) is 1. The molecule has 0 amide bonds. The fourth-order valence-corrected chi connectivity index (χ4v) is 4.19. The van der Waals surface area contributed by atoms with E-state index in [2.05, 4.69) is 39.0 Å². The van der Waals surface area contributed by atoms with E-state index in [1.54, 1.807) is 12.4 Å². The number of aromatic nitrogens is 4. The number of hydrogen-bond acceptors (Lipinski definition) is 6. The summed E-state index contributed by atoms with van der Waals surface area (Å²) in [6, 6.07) is 3.74. The highest BCUT2D eigenvalue weighted by atomic mass is 35.5. The van der Waals surface area contributed by atoms with Crippen molar-refractivity contribution < 1.29 is 4.79 Å². The summed E-state index contributed by atoms with van der Waals surface area (Å²) in [6.45, 7) is 5.20. The maximum Gasteiger partial charge on any atom is 0.163 e. The molecule has 0 aliphatic carbocycles. The molecular formula is C21H25ClN6O. The highest BCUT2D eigenvalue weighted by molar-refractivity contribution is 6.31. The fraction of sp³-hybridized carbons (Fsp3) is 0.429. The number of pyridine rings is 1. The Morgan fingerprint density at radius 3 is 3.07 bits per heavy atom. The smallest absolute Gasteiger partial charge is 0.163 e. The van der Waals surface area contributed by atoms with Crippen molar-refractivity contribution in [3.05, 3.63) is 35.7 Å². The largest absolute Gasteiger partial charge is 0.354 e. The average Bonchev–Trinajstić information content (AvgIpc) is 3.11. The second-order valence-electron chi connectivity index (χ2n) is 8.05. The van der Waals surface area contributed by atoms with Crippen LogP contribution in [0.15, 0.2) is 30.7 Å². The van der Waals surface area contributed by atoms with Crippen molar-refractivity contribution in [2.24, 2.45) is 0 Å². The molecule has 0 spiro atoms. The lowest BCUT2D eigenvalue weighted by Crippen LogP contribution is -2.55. The van der Waals surface area contributed by atoms with Gasteiger partial charge < -0.3 is 15.1 Å². The quantitative estimate of drug-likeness (QED) is 0.588. The molecule has 3 aromatic heterocycles. The minimum Gasteiger partial charge on any atom is -0.354 e. The minimum absolute atomic E-state index is 0.125. The van der Waals surface area contributed by atoms with Crippen LogP contribution in [0.25, 0.3) is 22.4 Å². The number of anilines is 1. The lowest BCUT2D eigenvalue weighted by molar-refractivity contribution is -0.110. The first-order valence-electron chi connectivity index (χ1n) is 9.91. The topological polar surface area (TPSA) is 86.8 Å². The van der Waals surface area contributed by atoms with Gasteiger partial charge in [0, 0.05) is 48.0 Å². The molecule has 0 saturated carbocycles. The lowest BCUT2D eigenvalue weighted by Gasteiger charge is -2.46. The number of carbonyl (C=O) groups is 1. The summed E-state index contributed by atoms with van der Waals surface area (Å²) < 4.78 is 0. The van der Waals surface area contributed by atoms with Crippen molar-refractivity contribution in [3.8, 4) is 11.4 Å². The number of aldehydes is 1. The van der Waals surface area contributed by atoms with Crippen LogP contribution in [0.1, 0.15) is 39.5 Å². The summed E-state index contributed by atoms with van der Waals surface area (Å²) in [6.07, 6.45) is 10.2. The zero-order chi connectivity index (χ0) is 20.4. The highest BCUT2D eigenvalue weighted by Crippen LogP contribution is 2.30. The molecule has 3 aromatic rings. The number of fused-ring (bicyclic) bond motifs is 1. The number of H-pyrrole nitrogens is 1. The van der Waals surface area contributed by atoms with Crippen LogP contribution in [0.5, 0.6) is 0 Å². The third kappa shape index (κ3) is 4.11. The van der Waals surface area contributed by atoms with Gasteiger partial charge in [-0.15, -0.1) is 0 Å². The van der Waals surface area contributed by atoms with Crippen molar-refractivity contribution in [1.29, 1.82) is 0 Å². The Balaban J connectivity index is 1.61. The van der Waals surface area contributed by atoms with Gasteiger partial charge in [-0.2, -0.15) is 0 Å².